The van der Waals surface area contributed by atoms with Crippen molar-refractivity contribution in [1.82, 2.24) is 0 Å². The number of nitrogens with one attached hydrogen (secondary N) is 1. The first-order chi connectivity index (χ1) is 10.7. The summed E-state index contributed by atoms with van der Waals surface area (Å²) >= 11 is 0. The molecule has 5 heteroatoms. The monoisotopic (exact) mass is 306 g/mol. The molecule has 5 nitrogen and oxygen atoms in total. The Balaban J connectivity index is 1.82. The van der Waals surface area contributed by atoms with Crippen molar-refractivity contribution in [2.45, 2.75) is 13.0 Å². The Bertz CT molecular complexity index is 509. The van der Waals surface area contributed by atoms with E-state index in [0.29, 0.717) is 0 Å². The highest BCUT2D eigenvalue weighted by atomic mass is 16.5. The van der Waals surface area contributed by atoms with Gasteiger partial charge in [-0.15, -0.1) is 0 Å². The Labute approximate surface area is 131 Å². The van der Waals surface area contributed by atoms with Gasteiger partial charge >= 0.3 is 5.97 Å². The van der Waals surface area contributed by atoms with Crippen LogP contribution in [0.4, 0.5) is 0 Å². The molecule has 2 rings (SSSR count). The van der Waals surface area contributed by atoms with Gasteiger partial charge in [0.15, 0.2) is 0 Å². The molecule has 0 aliphatic carbocycles. The Kier molecular flexibility index (Phi) is 6.43. The van der Waals surface area contributed by atoms with Gasteiger partial charge in [-0.25, -0.2) is 4.79 Å². The zero-order chi connectivity index (χ0) is 15.8. The summed E-state index contributed by atoms with van der Waals surface area (Å²) in [4.78, 5) is 13.3. The van der Waals surface area contributed by atoms with Crippen molar-refractivity contribution in [3.8, 4) is 5.75 Å². The van der Waals surface area contributed by atoms with Crippen molar-refractivity contribution in [1.29, 1.82) is 0 Å². The number of rotatable bonds is 6. The molecule has 0 amide bonds. The molecule has 1 aromatic carbocycles. The van der Waals surface area contributed by atoms with Crippen LogP contribution in [0.3, 0.4) is 0 Å². The fraction of sp³-hybridized carbons (Fsp3) is 0.471. The van der Waals surface area contributed by atoms with E-state index in [2.05, 4.69) is 0 Å². The van der Waals surface area contributed by atoms with Crippen LogP contribution < -0.4 is 9.64 Å². The van der Waals surface area contributed by atoms with Crippen LogP contribution in [0.25, 0.3) is 6.08 Å². The van der Waals surface area contributed by atoms with Crippen molar-refractivity contribution < 1.29 is 23.9 Å². The number of ether oxygens (including phenoxy) is 3. The van der Waals surface area contributed by atoms with Gasteiger partial charge in [-0.3, -0.25) is 0 Å². The number of carbonyl (C=O) groups is 1. The van der Waals surface area contributed by atoms with Crippen LogP contribution in [0.2, 0.25) is 0 Å². The van der Waals surface area contributed by atoms with E-state index >= 15 is 0 Å². The quantitative estimate of drug-likeness (QED) is 0.616. The predicted octanol–water partition coefficient (Wildman–Crippen LogP) is 0.555. The molecule has 0 aromatic heterocycles. The number of hydrogen-bond acceptors (Lipinski definition) is 4. The SMILES string of the molecule is COc1ccccc1/C=C/C(=O)O[C@@H](C)C[NH+]1CCOCC1. The number of carbonyl (C=O) groups excluding carboxylic acids is 1. The molecule has 1 saturated heterocycles. The molecule has 0 bridgehead atoms. The van der Waals surface area contributed by atoms with E-state index in [1.54, 1.807) is 13.2 Å². The second-order valence-corrected chi connectivity index (χ2v) is 5.39. The van der Waals surface area contributed by atoms with Crippen LogP contribution in [0.1, 0.15) is 12.5 Å². The van der Waals surface area contributed by atoms with Crippen molar-refractivity contribution >= 4 is 12.0 Å². The summed E-state index contributed by atoms with van der Waals surface area (Å²) in [7, 11) is 1.61. The van der Waals surface area contributed by atoms with Crippen LogP contribution in [-0.2, 0) is 14.3 Å². The summed E-state index contributed by atoms with van der Waals surface area (Å²) in [5.74, 6) is 0.406. The Morgan fingerprint density at radius 1 is 1.36 bits per heavy atom. The molecule has 1 atom stereocenters. The maximum absolute atomic E-state index is 11.9. The van der Waals surface area contributed by atoms with Crippen molar-refractivity contribution in [2.24, 2.45) is 0 Å². The van der Waals surface area contributed by atoms with Gasteiger partial charge in [0.1, 0.15) is 31.5 Å². The molecule has 1 aliphatic rings. The molecule has 1 heterocycles. The van der Waals surface area contributed by atoms with Gasteiger partial charge in [0.25, 0.3) is 0 Å². The van der Waals surface area contributed by atoms with Gasteiger partial charge < -0.3 is 19.1 Å². The molecule has 1 N–H and O–H groups in total. The lowest BCUT2D eigenvalue weighted by molar-refractivity contribution is -0.910. The highest BCUT2D eigenvalue weighted by molar-refractivity contribution is 5.87. The fourth-order valence-corrected chi connectivity index (χ4v) is 2.51. The number of para-hydroxylation sites is 1. The first-order valence-corrected chi connectivity index (χ1v) is 7.62. The maximum atomic E-state index is 11.9. The lowest BCUT2D eigenvalue weighted by Gasteiger charge is -2.25. The number of hydrogen-bond donors (Lipinski definition) is 1. The highest BCUT2D eigenvalue weighted by Gasteiger charge is 2.18. The van der Waals surface area contributed by atoms with Gasteiger partial charge in [-0.05, 0) is 19.1 Å². The molecule has 22 heavy (non-hydrogen) atoms. The number of morpholine rings is 1. The van der Waals surface area contributed by atoms with Gasteiger partial charge in [-0.1, -0.05) is 18.2 Å². The van der Waals surface area contributed by atoms with Crippen LogP contribution in [-0.4, -0.2) is 52.0 Å². The van der Waals surface area contributed by atoms with Crippen molar-refractivity contribution in [3.05, 3.63) is 35.9 Å². The third-order valence-corrected chi connectivity index (χ3v) is 3.63. The molecular formula is C17H24NO4+. The topological polar surface area (TPSA) is 49.2 Å². The Morgan fingerprint density at radius 3 is 2.82 bits per heavy atom. The lowest BCUT2D eigenvalue weighted by Crippen LogP contribution is -3.15. The van der Waals surface area contributed by atoms with Crippen LogP contribution in [0.5, 0.6) is 5.75 Å². The number of benzene rings is 1. The number of quaternary nitrogens is 1. The third kappa shape index (κ3) is 5.16. The predicted molar refractivity (Wildman–Crippen MR) is 84.0 cm³/mol. The maximum Gasteiger partial charge on any atom is 0.331 e. The fourth-order valence-electron chi connectivity index (χ4n) is 2.51. The number of esters is 1. The third-order valence-electron chi connectivity index (χ3n) is 3.63. The van der Waals surface area contributed by atoms with E-state index in [0.717, 1.165) is 44.2 Å². The molecular weight excluding hydrogens is 282 g/mol. The molecule has 1 aliphatic heterocycles. The van der Waals surface area contributed by atoms with Gasteiger partial charge in [-0.2, -0.15) is 0 Å². The van der Waals surface area contributed by atoms with Gasteiger partial charge in [0.05, 0.1) is 20.3 Å². The minimum atomic E-state index is -0.328. The van der Waals surface area contributed by atoms with E-state index in [4.69, 9.17) is 14.2 Å². The molecule has 0 saturated carbocycles. The van der Waals surface area contributed by atoms with E-state index in [1.165, 1.54) is 11.0 Å². The molecule has 0 radical (unpaired) electrons. The average Bonchev–Trinajstić information content (AvgIpc) is 2.54. The lowest BCUT2D eigenvalue weighted by atomic mass is 10.2. The van der Waals surface area contributed by atoms with E-state index < -0.39 is 0 Å². The van der Waals surface area contributed by atoms with Crippen LogP contribution >= 0.6 is 0 Å². The van der Waals surface area contributed by atoms with Crippen LogP contribution in [0.15, 0.2) is 30.3 Å². The zero-order valence-corrected chi connectivity index (χ0v) is 13.2. The van der Waals surface area contributed by atoms with Crippen LogP contribution in [0, 0.1) is 0 Å². The van der Waals surface area contributed by atoms with Gasteiger partial charge in [0.2, 0.25) is 0 Å². The second-order valence-electron chi connectivity index (χ2n) is 5.39. The largest absolute Gasteiger partial charge is 0.496 e. The van der Waals surface area contributed by atoms with E-state index in [9.17, 15) is 4.79 Å². The Hall–Kier alpha value is -1.85. The summed E-state index contributed by atoms with van der Waals surface area (Å²) in [6.07, 6.45) is 3.06. The first-order valence-electron chi connectivity index (χ1n) is 7.62. The smallest absolute Gasteiger partial charge is 0.331 e. The number of methoxy groups -OCH3 is 1. The normalized spacial score (nSPS) is 17.4. The summed E-state index contributed by atoms with van der Waals surface area (Å²) in [6, 6.07) is 7.54. The Morgan fingerprint density at radius 2 is 2.09 bits per heavy atom. The van der Waals surface area contributed by atoms with Crippen molar-refractivity contribution in [3.63, 3.8) is 0 Å². The van der Waals surface area contributed by atoms with Crippen molar-refractivity contribution in [2.75, 3.05) is 40.0 Å². The van der Waals surface area contributed by atoms with E-state index in [-0.39, 0.29) is 12.1 Å². The minimum Gasteiger partial charge on any atom is -0.496 e. The summed E-state index contributed by atoms with van der Waals surface area (Å²) in [6.45, 7) is 6.25. The van der Waals surface area contributed by atoms with E-state index in [1.807, 2.05) is 31.2 Å². The second kappa shape index (κ2) is 8.56. The molecule has 0 unspecified atom stereocenters. The van der Waals surface area contributed by atoms with Gasteiger partial charge in [0, 0.05) is 11.6 Å². The first kappa shape index (κ1) is 16.5. The minimum absolute atomic E-state index is 0.108. The standard InChI is InChI=1S/C17H23NO4/c1-14(13-18-9-11-21-12-10-18)22-17(19)8-7-15-5-3-4-6-16(15)20-2/h3-8,14H,9-13H2,1-2H3/p+1/b8-7+/t14-/m0/s1. The zero-order valence-electron chi connectivity index (χ0n) is 13.2. The molecule has 120 valence electrons. The molecule has 1 aromatic rings. The molecule has 0 spiro atoms. The molecule has 1 fully saturated rings. The summed E-state index contributed by atoms with van der Waals surface area (Å²) < 4.78 is 16.0. The highest BCUT2D eigenvalue weighted by Crippen LogP contribution is 2.18. The average molecular weight is 306 g/mol. The summed E-state index contributed by atoms with van der Waals surface area (Å²) in [5.41, 5.74) is 0.855. The summed E-state index contributed by atoms with van der Waals surface area (Å²) in [5, 5.41) is 0.